The summed E-state index contributed by atoms with van der Waals surface area (Å²) in [4.78, 5) is 22.2. The van der Waals surface area contributed by atoms with E-state index in [0.717, 1.165) is 0 Å². The first-order valence-corrected chi connectivity index (χ1v) is 4.24. The standard InChI is InChI=1S/C10H9NO3/c11-10(13)9-8(14-9)7(12)6-4-2-1-3-5-6/h1-5,8-9H,(H2,11,13)/t8-,9-/m0/s1. The van der Waals surface area contributed by atoms with Gasteiger partial charge in [-0.05, 0) is 0 Å². The van der Waals surface area contributed by atoms with Crippen molar-refractivity contribution in [1.82, 2.24) is 0 Å². The third kappa shape index (κ3) is 1.52. The molecule has 14 heavy (non-hydrogen) atoms. The summed E-state index contributed by atoms with van der Waals surface area (Å²) in [5.41, 5.74) is 5.53. The Morgan fingerprint density at radius 3 is 2.29 bits per heavy atom. The van der Waals surface area contributed by atoms with Gasteiger partial charge in [0.2, 0.25) is 5.91 Å². The van der Waals surface area contributed by atoms with Crippen LogP contribution >= 0.6 is 0 Å². The maximum atomic E-state index is 11.6. The summed E-state index contributed by atoms with van der Waals surface area (Å²) < 4.78 is 4.87. The number of carbonyl (C=O) groups excluding carboxylic acids is 2. The maximum Gasteiger partial charge on any atom is 0.249 e. The van der Waals surface area contributed by atoms with Gasteiger partial charge >= 0.3 is 0 Å². The number of epoxide rings is 1. The maximum absolute atomic E-state index is 11.6. The Morgan fingerprint density at radius 2 is 1.79 bits per heavy atom. The minimum absolute atomic E-state index is 0.186. The normalized spacial score (nSPS) is 24.3. The monoisotopic (exact) mass is 191 g/mol. The number of amides is 1. The molecule has 1 aromatic carbocycles. The van der Waals surface area contributed by atoms with Crippen molar-refractivity contribution in [3.05, 3.63) is 35.9 Å². The molecule has 4 nitrogen and oxygen atoms in total. The van der Waals surface area contributed by atoms with Crippen molar-refractivity contribution >= 4 is 11.7 Å². The zero-order valence-corrected chi connectivity index (χ0v) is 7.34. The van der Waals surface area contributed by atoms with Gasteiger partial charge in [-0.3, -0.25) is 9.59 Å². The summed E-state index contributed by atoms with van der Waals surface area (Å²) in [7, 11) is 0. The smallest absolute Gasteiger partial charge is 0.249 e. The zero-order valence-electron chi connectivity index (χ0n) is 7.34. The Labute approximate surface area is 80.7 Å². The van der Waals surface area contributed by atoms with Crippen LogP contribution in [0.3, 0.4) is 0 Å². The van der Waals surface area contributed by atoms with E-state index in [1.54, 1.807) is 24.3 Å². The number of benzene rings is 1. The van der Waals surface area contributed by atoms with E-state index in [2.05, 4.69) is 0 Å². The second kappa shape index (κ2) is 3.23. The molecule has 1 aliphatic rings. The molecule has 1 heterocycles. The van der Waals surface area contributed by atoms with Crippen molar-refractivity contribution in [2.24, 2.45) is 5.73 Å². The van der Waals surface area contributed by atoms with Gasteiger partial charge in [-0.2, -0.15) is 0 Å². The molecule has 2 atom stereocenters. The predicted octanol–water partition coefficient (Wildman–Crippen LogP) is 0.122. The molecule has 72 valence electrons. The molecule has 1 saturated heterocycles. The number of ketones is 1. The van der Waals surface area contributed by atoms with Crippen LogP contribution in [0, 0.1) is 0 Å². The molecular formula is C10H9NO3. The molecular weight excluding hydrogens is 182 g/mol. The highest BCUT2D eigenvalue weighted by Crippen LogP contribution is 2.25. The van der Waals surface area contributed by atoms with E-state index in [4.69, 9.17) is 10.5 Å². The second-order valence-corrected chi connectivity index (χ2v) is 3.11. The van der Waals surface area contributed by atoms with E-state index in [1.165, 1.54) is 0 Å². The van der Waals surface area contributed by atoms with E-state index < -0.39 is 18.1 Å². The molecule has 0 radical (unpaired) electrons. The minimum atomic E-state index is -0.734. The number of carbonyl (C=O) groups is 2. The summed E-state index contributed by atoms with van der Waals surface area (Å²) in [5, 5.41) is 0. The Balaban J connectivity index is 2.09. The molecule has 0 aliphatic carbocycles. The Kier molecular flexibility index (Phi) is 2.05. The fourth-order valence-corrected chi connectivity index (χ4v) is 1.29. The number of rotatable bonds is 3. The van der Waals surface area contributed by atoms with Crippen LogP contribution in [0.4, 0.5) is 0 Å². The zero-order chi connectivity index (χ0) is 10.1. The molecule has 2 rings (SSSR count). The lowest BCUT2D eigenvalue weighted by atomic mass is 10.1. The number of hydrogen-bond donors (Lipinski definition) is 1. The van der Waals surface area contributed by atoms with Gasteiger partial charge in [0.25, 0.3) is 0 Å². The second-order valence-electron chi connectivity index (χ2n) is 3.11. The predicted molar refractivity (Wildman–Crippen MR) is 48.6 cm³/mol. The fourth-order valence-electron chi connectivity index (χ4n) is 1.29. The average Bonchev–Trinajstić information content (AvgIpc) is 2.97. The van der Waals surface area contributed by atoms with Crippen LogP contribution in [0.25, 0.3) is 0 Å². The highest BCUT2D eigenvalue weighted by molar-refractivity contribution is 6.05. The van der Waals surface area contributed by atoms with Gasteiger partial charge in [0.05, 0.1) is 0 Å². The van der Waals surface area contributed by atoms with Crippen LogP contribution < -0.4 is 5.73 Å². The van der Waals surface area contributed by atoms with E-state index in [9.17, 15) is 9.59 Å². The van der Waals surface area contributed by atoms with Crippen LogP contribution in [0.1, 0.15) is 10.4 Å². The van der Waals surface area contributed by atoms with Crippen molar-refractivity contribution in [2.45, 2.75) is 12.2 Å². The van der Waals surface area contributed by atoms with Crippen LogP contribution in [-0.2, 0) is 9.53 Å². The number of Topliss-reactive ketones (excluding diaryl/α,β-unsaturated/α-hetero) is 1. The summed E-state index contributed by atoms with van der Waals surface area (Å²) in [6, 6.07) is 8.70. The molecule has 0 saturated carbocycles. The average molecular weight is 191 g/mol. The van der Waals surface area contributed by atoms with Crippen LogP contribution in [-0.4, -0.2) is 23.9 Å². The highest BCUT2D eigenvalue weighted by Gasteiger charge is 2.49. The van der Waals surface area contributed by atoms with E-state index >= 15 is 0 Å². The van der Waals surface area contributed by atoms with E-state index in [0.29, 0.717) is 5.56 Å². The molecule has 1 fully saturated rings. The summed E-state index contributed by atoms with van der Waals surface area (Å²) in [5.74, 6) is -0.770. The lowest BCUT2D eigenvalue weighted by Gasteiger charge is -1.94. The summed E-state index contributed by atoms with van der Waals surface area (Å²) >= 11 is 0. The number of hydrogen-bond acceptors (Lipinski definition) is 3. The number of primary amides is 1. The van der Waals surface area contributed by atoms with Gasteiger partial charge in [-0.15, -0.1) is 0 Å². The van der Waals surface area contributed by atoms with Gasteiger partial charge in [-0.25, -0.2) is 0 Å². The molecule has 0 unspecified atom stereocenters. The molecule has 4 heteroatoms. The number of ether oxygens (including phenoxy) is 1. The first-order chi connectivity index (χ1) is 6.70. The molecule has 0 aromatic heterocycles. The lowest BCUT2D eigenvalue weighted by molar-refractivity contribution is -0.119. The summed E-state index contributed by atoms with van der Waals surface area (Å²) in [6.07, 6.45) is -1.40. The van der Waals surface area contributed by atoms with Crippen molar-refractivity contribution in [2.75, 3.05) is 0 Å². The quantitative estimate of drug-likeness (QED) is 0.544. The Bertz CT molecular complexity index is 374. The van der Waals surface area contributed by atoms with Gasteiger partial charge < -0.3 is 10.5 Å². The van der Waals surface area contributed by atoms with Crippen LogP contribution in [0.15, 0.2) is 30.3 Å². The minimum Gasteiger partial charge on any atom is -0.367 e. The van der Waals surface area contributed by atoms with Gasteiger partial charge in [-0.1, -0.05) is 30.3 Å². The molecule has 0 spiro atoms. The van der Waals surface area contributed by atoms with Crippen LogP contribution in [0.5, 0.6) is 0 Å². The van der Waals surface area contributed by atoms with Crippen molar-refractivity contribution in [3.8, 4) is 0 Å². The Hall–Kier alpha value is -1.68. The van der Waals surface area contributed by atoms with Gasteiger partial charge in [0.15, 0.2) is 18.0 Å². The SMILES string of the molecule is NC(=O)[C@H]1O[C@H]1C(=O)c1ccccc1. The first kappa shape index (κ1) is 8.90. The molecule has 1 amide bonds. The van der Waals surface area contributed by atoms with Crippen molar-refractivity contribution < 1.29 is 14.3 Å². The van der Waals surface area contributed by atoms with Gasteiger partial charge in [0, 0.05) is 5.56 Å². The largest absolute Gasteiger partial charge is 0.367 e. The third-order valence-corrected chi connectivity index (χ3v) is 2.09. The lowest BCUT2D eigenvalue weighted by Crippen LogP contribution is -2.23. The highest BCUT2D eigenvalue weighted by atomic mass is 16.6. The summed E-state index contributed by atoms with van der Waals surface area (Å²) in [6.45, 7) is 0. The van der Waals surface area contributed by atoms with Crippen molar-refractivity contribution in [3.63, 3.8) is 0 Å². The fraction of sp³-hybridized carbons (Fsp3) is 0.200. The topological polar surface area (TPSA) is 72.7 Å². The van der Waals surface area contributed by atoms with Crippen LogP contribution in [0.2, 0.25) is 0 Å². The molecule has 0 bridgehead atoms. The number of nitrogens with two attached hydrogens (primary N) is 1. The van der Waals surface area contributed by atoms with E-state index in [1.807, 2.05) is 6.07 Å². The molecule has 2 N–H and O–H groups in total. The molecule has 1 aliphatic heterocycles. The third-order valence-electron chi connectivity index (χ3n) is 2.09. The van der Waals surface area contributed by atoms with E-state index in [-0.39, 0.29) is 5.78 Å². The Morgan fingerprint density at radius 1 is 1.14 bits per heavy atom. The van der Waals surface area contributed by atoms with Crippen molar-refractivity contribution in [1.29, 1.82) is 0 Å². The first-order valence-electron chi connectivity index (χ1n) is 4.24. The molecule has 1 aromatic rings. The van der Waals surface area contributed by atoms with Gasteiger partial charge in [0.1, 0.15) is 0 Å².